The van der Waals surface area contributed by atoms with E-state index in [1.54, 1.807) is 16.8 Å². The number of ether oxygens (including phenoxy) is 1. The van der Waals surface area contributed by atoms with Crippen LogP contribution in [0.15, 0.2) is 63.9 Å². The number of halogens is 1. The number of aromatic amines is 1. The highest BCUT2D eigenvalue weighted by Gasteiger charge is 2.13. The molecule has 1 aliphatic rings. The van der Waals surface area contributed by atoms with E-state index in [9.17, 15) is 4.79 Å². The molecule has 0 unspecified atom stereocenters. The Hall–Kier alpha value is -2.78. The molecular weight excluding hydrogens is 490 g/mol. The zero-order valence-electron chi connectivity index (χ0n) is 20.5. The standard InChI is InChI=1S/C15H19NO.C11H11BrN2O.C2H6/c16-12-14-6-8-15(9-7-14)17-11-10-13-4-2-1-3-5-13;1-2-9-10(12)11(15)14(13-9)8-6-4-3-5-7-8;1-2/h6-9,13H,1-5,10-11H2;3-7,13H,2H2,1H3;1-2H3. The van der Waals surface area contributed by atoms with Gasteiger partial charge in [-0.1, -0.05) is 71.1 Å². The van der Waals surface area contributed by atoms with Crippen molar-refractivity contribution in [3.8, 4) is 17.5 Å². The number of rotatable bonds is 6. The molecular formula is C28H36BrN3O2. The largest absolute Gasteiger partial charge is 0.494 e. The van der Waals surface area contributed by atoms with Crippen molar-refractivity contribution in [3.05, 3.63) is 80.7 Å². The number of hydrogen-bond acceptors (Lipinski definition) is 3. The molecule has 0 bridgehead atoms. The van der Waals surface area contributed by atoms with Crippen molar-refractivity contribution in [2.24, 2.45) is 5.92 Å². The van der Waals surface area contributed by atoms with Crippen molar-refractivity contribution < 1.29 is 4.74 Å². The van der Waals surface area contributed by atoms with Crippen molar-refractivity contribution >= 4 is 15.9 Å². The zero-order chi connectivity index (χ0) is 24.8. The van der Waals surface area contributed by atoms with Crippen molar-refractivity contribution in [2.45, 2.75) is 65.7 Å². The minimum absolute atomic E-state index is 0.0435. The predicted octanol–water partition coefficient (Wildman–Crippen LogP) is 7.42. The lowest BCUT2D eigenvalue weighted by Gasteiger charge is -2.21. The van der Waals surface area contributed by atoms with Gasteiger partial charge in [0.25, 0.3) is 5.56 Å². The van der Waals surface area contributed by atoms with Gasteiger partial charge in [0.1, 0.15) is 10.2 Å². The average Bonchev–Trinajstić information content (AvgIpc) is 3.20. The summed E-state index contributed by atoms with van der Waals surface area (Å²) in [5.74, 6) is 1.74. The van der Waals surface area contributed by atoms with Gasteiger partial charge in [-0.25, -0.2) is 4.68 Å². The topological polar surface area (TPSA) is 70.8 Å². The van der Waals surface area contributed by atoms with Crippen LogP contribution in [0.2, 0.25) is 0 Å². The van der Waals surface area contributed by atoms with E-state index in [1.807, 2.05) is 63.2 Å². The van der Waals surface area contributed by atoms with Crippen LogP contribution in [0.25, 0.3) is 5.69 Å². The summed E-state index contributed by atoms with van der Waals surface area (Å²) in [6.45, 7) is 6.81. The Labute approximate surface area is 211 Å². The number of nitriles is 1. The summed E-state index contributed by atoms with van der Waals surface area (Å²) in [6.07, 6.45) is 8.90. The van der Waals surface area contributed by atoms with Crippen molar-refractivity contribution in [1.29, 1.82) is 5.26 Å². The van der Waals surface area contributed by atoms with Crippen LogP contribution < -0.4 is 10.3 Å². The molecule has 1 fully saturated rings. The number of para-hydroxylation sites is 1. The lowest BCUT2D eigenvalue weighted by molar-refractivity contribution is 0.246. The van der Waals surface area contributed by atoms with Gasteiger partial charge in [-0.2, -0.15) is 5.26 Å². The molecule has 0 saturated heterocycles. The summed E-state index contributed by atoms with van der Waals surface area (Å²) < 4.78 is 7.86. The molecule has 1 saturated carbocycles. The van der Waals surface area contributed by atoms with E-state index in [0.717, 1.165) is 36.1 Å². The van der Waals surface area contributed by atoms with Crippen LogP contribution in [0.3, 0.4) is 0 Å². The maximum atomic E-state index is 11.8. The molecule has 0 radical (unpaired) electrons. The summed E-state index contributed by atoms with van der Waals surface area (Å²) in [5, 5.41) is 11.8. The Kier molecular flexibility index (Phi) is 12.3. The van der Waals surface area contributed by atoms with Crippen LogP contribution in [0.5, 0.6) is 5.75 Å². The normalized spacial score (nSPS) is 13.0. The van der Waals surface area contributed by atoms with Crippen LogP contribution in [-0.2, 0) is 6.42 Å². The van der Waals surface area contributed by atoms with Crippen molar-refractivity contribution in [2.75, 3.05) is 6.61 Å². The molecule has 3 aromatic rings. The third-order valence-electron chi connectivity index (χ3n) is 5.77. The fourth-order valence-corrected chi connectivity index (χ4v) is 4.45. The summed E-state index contributed by atoms with van der Waals surface area (Å²) in [7, 11) is 0. The van der Waals surface area contributed by atoms with Gasteiger partial charge < -0.3 is 4.74 Å². The molecule has 0 aliphatic heterocycles. The van der Waals surface area contributed by atoms with Crippen LogP contribution in [0.1, 0.15) is 70.6 Å². The van der Waals surface area contributed by atoms with Gasteiger partial charge in [-0.05, 0) is 71.1 Å². The minimum atomic E-state index is -0.0435. The molecule has 0 atom stereocenters. The molecule has 34 heavy (non-hydrogen) atoms. The monoisotopic (exact) mass is 525 g/mol. The molecule has 1 N–H and O–H groups in total. The van der Waals surface area contributed by atoms with Gasteiger partial charge >= 0.3 is 0 Å². The highest BCUT2D eigenvalue weighted by atomic mass is 79.9. The highest BCUT2D eigenvalue weighted by molar-refractivity contribution is 9.10. The maximum absolute atomic E-state index is 11.8. The van der Waals surface area contributed by atoms with Crippen LogP contribution >= 0.6 is 15.9 Å². The summed E-state index contributed by atoms with van der Waals surface area (Å²) >= 11 is 3.29. The van der Waals surface area contributed by atoms with E-state index >= 15 is 0 Å². The first-order valence-electron chi connectivity index (χ1n) is 12.3. The Morgan fingerprint density at radius 3 is 2.26 bits per heavy atom. The number of nitrogens with one attached hydrogen (secondary N) is 1. The smallest absolute Gasteiger partial charge is 0.285 e. The number of aryl methyl sites for hydroxylation is 1. The van der Waals surface area contributed by atoms with E-state index in [2.05, 4.69) is 27.1 Å². The van der Waals surface area contributed by atoms with E-state index in [1.165, 1.54) is 38.5 Å². The average molecular weight is 527 g/mol. The SMILES string of the molecule is CC.CCc1[nH]n(-c2ccccc2)c(=O)c1Br.N#Cc1ccc(OCCC2CCCCC2)cc1. The van der Waals surface area contributed by atoms with Gasteiger partial charge in [0.05, 0.1) is 29.6 Å². The molecule has 1 aliphatic carbocycles. The molecule has 2 aromatic carbocycles. The summed E-state index contributed by atoms with van der Waals surface area (Å²) in [6, 6.07) is 19.0. The number of H-pyrrole nitrogens is 1. The lowest BCUT2D eigenvalue weighted by atomic mass is 9.87. The van der Waals surface area contributed by atoms with Crippen LogP contribution in [-0.4, -0.2) is 16.4 Å². The van der Waals surface area contributed by atoms with Crippen molar-refractivity contribution in [3.63, 3.8) is 0 Å². The predicted molar refractivity (Wildman–Crippen MR) is 143 cm³/mol. The fraction of sp³-hybridized carbons (Fsp3) is 0.429. The molecule has 1 aromatic heterocycles. The third-order valence-corrected chi connectivity index (χ3v) is 6.59. The van der Waals surface area contributed by atoms with Gasteiger partial charge in [-0.3, -0.25) is 9.89 Å². The quantitative estimate of drug-likeness (QED) is 0.363. The van der Waals surface area contributed by atoms with Gasteiger partial charge in [0.15, 0.2) is 0 Å². The second-order valence-electron chi connectivity index (χ2n) is 8.01. The molecule has 1 heterocycles. The second-order valence-corrected chi connectivity index (χ2v) is 8.80. The Bertz CT molecular complexity index is 1060. The lowest BCUT2D eigenvalue weighted by Crippen LogP contribution is -2.14. The van der Waals surface area contributed by atoms with Crippen LogP contribution in [0.4, 0.5) is 0 Å². The molecule has 4 rings (SSSR count). The second kappa shape index (κ2) is 15.2. The molecule has 0 spiro atoms. The van der Waals surface area contributed by atoms with E-state index in [0.29, 0.717) is 10.0 Å². The van der Waals surface area contributed by atoms with E-state index < -0.39 is 0 Å². The Balaban J connectivity index is 0.000000225. The van der Waals surface area contributed by atoms with Crippen molar-refractivity contribution in [1.82, 2.24) is 9.78 Å². The summed E-state index contributed by atoms with van der Waals surface area (Å²) in [4.78, 5) is 11.8. The fourth-order valence-electron chi connectivity index (χ4n) is 3.90. The number of aromatic nitrogens is 2. The first kappa shape index (κ1) is 27.5. The van der Waals surface area contributed by atoms with Gasteiger partial charge in [-0.15, -0.1) is 0 Å². The molecule has 5 nitrogen and oxygen atoms in total. The minimum Gasteiger partial charge on any atom is -0.494 e. The van der Waals surface area contributed by atoms with Crippen LogP contribution in [0, 0.1) is 17.2 Å². The number of hydrogen-bond donors (Lipinski definition) is 1. The highest BCUT2D eigenvalue weighted by Crippen LogP contribution is 2.26. The van der Waals surface area contributed by atoms with Gasteiger partial charge in [0, 0.05) is 0 Å². The third kappa shape index (κ3) is 8.22. The number of nitrogens with zero attached hydrogens (tertiary/aromatic N) is 2. The maximum Gasteiger partial charge on any atom is 0.285 e. The summed E-state index contributed by atoms with van der Waals surface area (Å²) in [5.41, 5.74) is 2.41. The zero-order valence-corrected chi connectivity index (χ0v) is 22.1. The first-order chi connectivity index (χ1) is 16.6. The number of benzene rings is 2. The van der Waals surface area contributed by atoms with Gasteiger partial charge in [0.2, 0.25) is 0 Å². The molecule has 6 heteroatoms. The Morgan fingerprint density at radius 1 is 1.06 bits per heavy atom. The van der Waals surface area contributed by atoms with E-state index in [4.69, 9.17) is 10.00 Å². The molecule has 0 amide bonds. The Morgan fingerprint density at radius 2 is 1.71 bits per heavy atom. The van der Waals surface area contributed by atoms with E-state index in [-0.39, 0.29) is 5.56 Å². The first-order valence-corrected chi connectivity index (χ1v) is 13.1. The molecule has 182 valence electrons.